The summed E-state index contributed by atoms with van der Waals surface area (Å²) in [6, 6.07) is 9.64. The zero-order chi connectivity index (χ0) is 18.5. The maximum Gasteiger partial charge on any atom is 0.317 e. The van der Waals surface area contributed by atoms with Crippen molar-refractivity contribution in [1.82, 2.24) is 0 Å². The van der Waals surface area contributed by atoms with Crippen LogP contribution >= 0.6 is 11.3 Å². The molecule has 1 heterocycles. The van der Waals surface area contributed by atoms with Gasteiger partial charge in [0.1, 0.15) is 11.7 Å². The van der Waals surface area contributed by atoms with Crippen LogP contribution in [0.5, 0.6) is 5.75 Å². The van der Waals surface area contributed by atoms with Gasteiger partial charge in [-0.2, -0.15) is 11.3 Å². The summed E-state index contributed by atoms with van der Waals surface area (Å²) in [6.07, 6.45) is 2.23. The first-order chi connectivity index (χ1) is 12.6. The Kier molecular flexibility index (Phi) is 5.89. The van der Waals surface area contributed by atoms with Crippen molar-refractivity contribution in [3.8, 4) is 5.75 Å². The number of carbonyl (C=O) groups is 2. The van der Waals surface area contributed by atoms with E-state index in [0.29, 0.717) is 13.0 Å². The van der Waals surface area contributed by atoms with Gasteiger partial charge in [0.15, 0.2) is 5.78 Å². The van der Waals surface area contributed by atoms with E-state index in [1.54, 1.807) is 24.3 Å². The average molecular weight is 370 g/mol. The third kappa shape index (κ3) is 3.88. The van der Waals surface area contributed by atoms with Crippen molar-refractivity contribution in [2.45, 2.75) is 26.2 Å². The maximum absolute atomic E-state index is 12.8. The van der Waals surface area contributed by atoms with Gasteiger partial charge in [-0.1, -0.05) is 12.1 Å². The molecule has 1 aromatic heterocycles. The van der Waals surface area contributed by atoms with Crippen LogP contribution in [0.25, 0.3) is 5.57 Å². The largest absolute Gasteiger partial charge is 0.494 e. The SMILES string of the molecule is CCOC(=O)[C@@H]1C(=O)C=C(c2ccsc2)C[C@@H]1c1ccc(OCC)cc1. The van der Waals surface area contributed by atoms with E-state index in [9.17, 15) is 9.59 Å². The van der Waals surface area contributed by atoms with E-state index in [1.807, 2.05) is 48.0 Å². The lowest BCUT2D eigenvalue weighted by molar-refractivity contribution is -0.151. The van der Waals surface area contributed by atoms with Crippen LogP contribution in [0.15, 0.2) is 47.2 Å². The second-order valence-corrected chi connectivity index (χ2v) is 6.91. The predicted molar refractivity (Wildman–Crippen MR) is 102 cm³/mol. The van der Waals surface area contributed by atoms with Gasteiger partial charge in [0, 0.05) is 5.92 Å². The summed E-state index contributed by atoms with van der Waals surface area (Å²) in [5, 5.41) is 4.02. The Morgan fingerprint density at radius 2 is 1.92 bits per heavy atom. The fraction of sp³-hybridized carbons (Fsp3) is 0.333. The lowest BCUT2D eigenvalue weighted by atomic mass is 9.74. The molecule has 2 atom stereocenters. The minimum atomic E-state index is -0.796. The molecule has 0 N–H and O–H groups in total. The van der Waals surface area contributed by atoms with Crippen LogP contribution in [0.2, 0.25) is 0 Å². The molecule has 26 heavy (non-hydrogen) atoms. The zero-order valence-electron chi connectivity index (χ0n) is 14.9. The molecule has 136 valence electrons. The zero-order valence-corrected chi connectivity index (χ0v) is 15.8. The molecular weight excluding hydrogens is 348 g/mol. The molecule has 2 aromatic rings. The van der Waals surface area contributed by atoms with E-state index in [0.717, 1.165) is 22.4 Å². The maximum atomic E-state index is 12.8. The lowest BCUT2D eigenvalue weighted by Crippen LogP contribution is -2.33. The molecule has 4 nitrogen and oxygen atoms in total. The monoisotopic (exact) mass is 370 g/mol. The topological polar surface area (TPSA) is 52.6 Å². The van der Waals surface area contributed by atoms with Crippen LogP contribution in [0, 0.1) is 5.92 Å². The summed E-state index contributed by atoms with van der Waals surface area (Å²) in [5.74, 6) is -0.890. The highest BCUT2D eigenvalue weighted by Crippen LogP contribution is 2.41. The molecule has 1 aliphatic rings. The van der Waals surface area contributed by atoms with Crippen molar-refractivity contribution in [2.24, 2.45) is 5.92 Å². The van der Waals surface area contributed by atoms with E-state index < -0.39 is 11.9 Å². The molecule has 3 rings (SSSR count). The number of esters is 1. The van der Waals surface area contributed by atoms with Crippen molar-refractivity contribution in [3.63, 3.8) is 0 Å². The molecule has 0 amide bonds. The Bertz CT molecular complexity index is 790. The van der Waals surface area contributed by atoms with Gasteiger partial charge < -0.3 is 9.47 Å². The van der Waals surface area contributed by atoms with Crippen molar-refractivity contribution < 1.29 is 19.1 Å². The molecular formula is C21H22O4S. The number of ether oxygens (including phenoxy) is 2. The Labute approximate surface area is 157 Å². The van der Waals surface area contributed by atoms with Crippen molar-refractivity contribution in [3.05, 3.63) is 58.3 Å². The normalized spacial score (nSPS) is 19.8. The molecule has 1 aromatic carbocycles. The fourth-order valence-corrected chi connectivity index (χ4v) is 4.00. The summed E-state index contributed by atoms with van der Waals surface area (Å²) in [4.78, 5) is 25.2. The minimum Gasteiger partial charge on any atom is -0.494 e. The average Bonchev–Trinajstić information content (AvgIpc) is 3.17. The van der Waals surface area contributed by atoms with Gasteiger partial charge in [-0.25, -0.2) is 0 Å². The van der Waals surface area contributed by atoms with E-state index >= 15 is 0 Å². The molecule has 0 unspecified atom stereocenters. The van der Waals surface area contributed by atoms with Crippen LogP contribution in [0.3, 0.4) is 0 Å². The predicted octanol–water partition coefficient (Wildman–Crippen LogP) is 4.47. The van der Waals surface area contributed by atoms with Crippen LogP contribution in [0.1, 0.15) is 37.3 Å². The number of thiophene rings is 1. The van der Waals surface area contributed by atoms with Gasteiger partial charge in [0.25, 0.3) is 0 Å². The third-order valence-corrected chi connectivity index (χ3v) is 5.20. The van der Waals surface area contributed by atoms with Gasteiger partial charge >= 0.3 is 5.97 Å². The second-order valence-electron chi connectivity index (χ2n) is 6.13. The van der Waals surface area contributed by atoms with Crippen LogP contribution in [-0.2, 0) is 14.3 Å². The first-order valence-electron chi connectivity index (χ1n) is 8.80. The van der Waals surface area contributed by atoms with Crippen LogP contribution < -0.4 is 4.74 Å². The van der Waals surface area contributed by atoms with Crippen LogP contribution in [0.4, 0.5) is 0 Å². The third-order valence-electron chi connectivity index (χ3n) is 4.52. The number of carbonyl (C=O) groups excluding carboxylic acids is 2. The Balaban J connectivity index is 1.95. The highest BCUT2D eigenvalue weighted by atomic mass is 32.1. The van der Waals surface area contributed by atoms with E-state index in [4.69, 9.17) is 9.47 Å². The summed E-state index contributed by atoms with van der Waals surface area (Å²) in [6.45, 7) is 4.55. The van der Waals surface area contributed by atoms with Gasteiger partial charge in [0.2, 0.25) is 0 Å². The molecule has 0 saturated carbocycles. The standard InChI is InChI=1S/C21H22O4S/c1-3-24-17-7-5-14(6-8-17)18-11-16(15-9-10-26-13-15)12-19(22)20(18)21(23)25-4-2/h5-10,12-13,18,20H,3-4,11H2,1-2H3/t18-,20+/m1/s1. The first kappa shape index (κ1) is 18.4. The van der Waals surface area contributed by atoms with E-state index in [-0.39, 0.29) is 18.3 Å². The Morgan fingerprint density at radius 3 is 2.54 bits per heavy atom. The highest BCUT2D eigenvalue weighted by molar-refractivity contribution is 7.08. The molecule has 0 bridgehead atoms. The van der Waals surface area contributed by atoms with Gasteiger partial charge in [-0.05, 0) is 72.0 Å². The summed E-state index contributed by atoms with van der Waals surface area (Å²) < 4.78 is 10.7. The van der Waals surface area contributed by atoms with Crippen LogP contribution in [-0.4, -0.2) is 25.0 Å². The van der Waals surface area contributed by atoms with Crippen molar-refractivity contribution in [1.29, 1.82) is 0 Å². The van der Waals surface area contributed by atoms with Crippen molar-refractivity contribution in [2.75, 3.05) is 13.2 Å². The summed E-state index contributed by atoms with van der Waals surface area (Å²) in [5.41, 5.74) is 2.96. The Morgan fingerprint density at radius 1 is 1.15 bits per heavy atom. The summed E-state index contributed by atoms with van der Waals surface area (Å²) >= 11 is 1.59. The molecule has 0 aliphatic heterocycles. The molecule has 5 heteroatoms. The van der Waals surface area contributed by atoms with E-state index in [1.165, 1.54) is 0 Å². The van der Waals surface area contributed by atoms with Gasteiger partial charge in [-0.15, -0.1) is 0 Å². The molecule has 1 aliphatic carbocycles. The molecule has 0 spiro atoms. The minimum absolute atomic E-state index is 0.185. The highest BCUT2D eigenvalue weighted by Gasteiger charge is 2.39. The van der Waals surface area contributed by atoms with Gasteiger partial charge in [0.05, 0.1) is 13.2 Å². The second kappa shape index (κ2) is 8.32. The summed E-state index contributed by atoms with van der Waals surface area (Å²) in [7, 11) is 0. The number of allylic oxidation sites excluding steroid dienone is 2. The first-order valence-corrected chi connectivity index (χ1v) is 9.74. The number of rotatable bonds is 6. The van der Waals surface area contributed by atoms with Crippen molar-refractivity contribution >= 4 is 28.7 Å². The lowest BCUT2D eigenvalue weighted by Gasteiger charge is -2.29. The number of hydrogen-bond donors (Lipinski definition) is 0. The quantitative estimate of drug-likeness (QED) is 0.556. The Hall–Kier alpha value is -2.40. The van der Waals surface area contributed by atoms with E-state index in [2.05, 4.69) is 0 Å². The molecule has 0 radical (unpaired) electrons. The smallest absolute Gasteiger partial charge is 0.317 e. The number of hydrogen-bond acceptors (Lipinski definition) is 5. The molecule has 0 fully saturated rings. The fourth-order valence-electron chi connectivity index (χ4n) is 3.32. The molecule has 0 saturated heterocycles. The number of ketones is 1. The number of benzene rings is 1. The van der Waals surface area contributed by atoms with Gasteiger partial charge in [-0.3, -0.25) is 9.59 Å².